The molecule has 0 aliphatic heterocycles. The molecule has 0 aliphatic carbocycles. The van der Waals surface area contributed by atoms with Crippen LogP contribution in [0.25, 0.3) is 11.3 Å². The van der Waals surface area contributed by atoms with Gasteiger partial charge < -0.3 is 5.11 Å². The van der Waals surface area contributed by atoms with Gasteiger partial charge in [-0.3, -0.25) is 9.78 Å². The molecule has 0 spiro atoms. The number of hydrogen-bond donors (Lipinski definition) is 1. The molecule has 5 heteroatoms. The second-order valence-electron chi connectivity index (χ2n) is 4.22. The van der Waals surface area contributed by atoms with E-state index in [-0.39, 0.29) is 31.6 Å². The van der Waals surface area contributed by atoms with Crippen molar-refractivity contribution in [2.24, 2.45) is 0 Å². The van der Waals surface area contributed by atoms with Crippen molar-refractivity contribution in [3.63, 3.8) is 0 Å². The van der Waals surface area contributed by atoms with Gasteiger partial charge in [0.25, 0.3) is 0 Å². The Morgan fingerprint density at radius 2 is 2.00 bits per heavy atom. The minimum absolute atomic E-state index is 0. The second kappa shape index (κ2) is 9.97. The first kappa shape index (κ1) is 19.2. The molecule has 21 heavy (non-hydrogen) atoms. The molecule has 0 atom stereocenters. The van der Waals surface area contributed by atoms with E-state index in [1.165, 1.54) is 19.9 Å². The summed E-state index contributed by atoms with van der Waals surface area (Å²) >= 11 is 0. The summed E-state index contributed by atoms with van der Waals surface area (Å²) in [7, 11) is 0. The number of aliphatic hydroxyl groups excluding tert-OH is 1. The van der Waals surface area contributed by atoms with Crippen LogP contribution in [0.5, 0.6) is 0 Å². The number of rotatable bonds is 2. The van der Waals surface area contributed by atoms with Crippen LogP contribution in [0.2, 0.25) is 0 Å². The number of aliphatic hydroxyl groups is 1. The van der Waals surface area contributed by atoms with Crippen LogP contribution in [-0.2, 0) is 24.9 Å². The van der Waals surface area contributed by atoms with Crippen LogP contribution < -0.4 is 0 Å². The molecule has 113 valence electrons. The summed E-state index contributed by atoms with van der Waals surface area (Å²) in [4.78, 5) is 18.2. The van der Waals surface area contributed by atoms with Gasteiger partial charge in [-0.1, -0.05) is 6.07 Å². The minimum Gasteiger partial charge on any atom is -0.512 e. The Balaban J connectivity index is 0.000000436. The van der Waals surface area contributed by atoms with Crippen molar-refractivity contribution in [2.75, 3.05) is 0 Å². The summed E-state index contributed by atoms with van der Waals surface area (Å²) in [5, 5.41) is 8.36. The number of aryl methyl sites for hydroxylation is 1. The molecule has 1 aromatic carbocycles. The summed E-state index contributed by atoms with van der Waals surface area (Å²) < 4.78 is 0. The van der Waals surface area contributed by atoms with Gasteiger partial charge in [-0.05, 0) is 26.5 Å². The zero-order valence-electron chi connectivity index (χ0n) is 12.1. The van der Waals surface area contributed by atoms with Gasteiger partial charge in [0.1, 0.15) is 6.33 Å². The van der Waals surface area contributed by atoms with E-state index in [9.17, 15) is 4.79 Å². The van der Waals surface area contributed by atoms with Crippen LogP contribution in [0.1, 0.15) is 19.5 Å². The molecule has 1 radical (unpaired) electrons. The average molecular weight is 462 g/mol. The molecule has 0 saturated heterocycles. The second-order valence-corrected chi connectivity index (χ2v) is 4.22. The van der Waals surface area contributed by atoms with Gasteiger partial charge in [-0.25, -0.2) is 4.98 Å². The zero-order chi connectivity index (χ0) is 15.0. The van der Waals surface area contributed by atoms with Crippen molar-refractivity contribution in [3.8, 4) is 11.3 Å². The Labute approximate surface area is 138 Å². The van der Waals surface area contributed by atoms with Crippen LogP contribution in [0.15, 0.2) is 48.5 Å². The molecular weight excluding hydrogens is 444 g/mol. The van der Waals surface area contributed by atoms with Crippen molar-refractivity contribution in [2.45, 2.75) is 20.8 Å². The number of nitrogens with zero attached hydrogens (tertiary/aromatic N) is 2. The van der Waals surface area contributed by atoms with E-state index < -0.39 is 0 Å². The third-order valence-corrected chi connectivity index (χ3v) is 2.20. The third-order valence-electron chi connectivity index (χ3n) is 2.20. The van der Waals surface area contributed by atoms with Crippen molar-refractivity contribution < 1.29 is 30.0 Å². The summed E-state index contributed by atoms with van der Waals surface area (Å²) in [5.74, 6) is -0.0625. The maximum atomic E-state index is 10.0. The van der Waals surface area contributed by atoms with Gasteiger partial charge >= 0.3 is 0 Å². The van der Waals surface area contributed by atoms with Crippen molar-refractivity contribution >= 4 is 5.78 Å². The maximum absolute atomic E-state index is 10.0. The van der Waals surface area contributed by atoms with Gasteiger partial charge in [0, 0.05) is 31.9 Å². The Morgan fingerprint density at radius 1 is 1.29 bits per heavy atom. The Bertz CT molecular complexity index is 594. The predicted molar refractivity (Wildman–Crippen MR) is 78.1 cm³/mol. The van der Waals surface area contributed by atoms with E-state index in [1.54, 1.807) is 6.33 Å². The molecule has 1 heterocycles. The van der Waals surface area contributed by atoms with Crippen LogP contribution in [0.4, 0.5) is 0 Å². The van der Waals surface area contributed by atoms with Gasteiger partial charge in [-0.15, -0.1) is 35.9 Å². The van der Waals surface area contributed by atoms with Crippen LogP contribution in [-0.4, -0.2) is 20.9 Å². The molecule has 0 aliphatic rings. The molecule has 1 aromatic heterocycles. The summed E-state index contributed by atoms with van der Waals surface area (Å²) in [6.45, 7) is 4.80. The van der Waals surface area contributed by atoms with E-state index in [2.05, 4.69) is 16.0 Å². The molecule has 2 aromatic rings. The Morgan fingerprint density at radius 3 is 2.43 bits per heavy atom. The number of carbonyl (C=O) groups is 1. The van der Waals surface area contributed by atoms with Gasteiger partial charge in [-0.2, -0.15) is 0 Å². The molecule has 0 amide bonds. The summed E-state index contributed by atoms with van der Waals surface area (Å²) in [5.41, 5.74) is 2.91. The van der Waals surface area contributed by atoms with E-state index >= 15 is 0 Å². The fourth-order valence-electron chi connectivity index (χ4n) is 1.45. The smallest absolute Gasteiger partial charge is 0.155 e. The fraction of sp³-hybridized carbons (Fsp3) is 0.188. The van der Waals surface area contributed by atoms with Crippen molar-refractivity contribution in [3.05, 3.63) is 60.3 Å². The molecule has 0 saturated carbocycles. The molecule has 0 bridgehead atoms. The standard InChI is InChI=1S/C11H9N2.C5H8O2.Ir/c1-9-7-11(13-8-12-9)10-5-3-2-4-6-10;1-4(6)3-5(2)7;/h2-5,7-8H,1H3;3,6H,1-2H3;/q-1;;/b;4-3-;. The van der Waals surface area contributed by atoms with Crippen LogP contribution in [0, 0.1) is 13.0 Å². The van der Waals surface area contributed by atoms with E-state index in [0.717, 1.165) is 17.0 Å². The monoisotopic (exact) mass is 462 g/mol. The normalized spacial score (nSPS) is 9.95. The predicted octanol–water partition coefficient (Wildman–Crippen LogP) is 3.29. The largest absolute Gasteiger partial charge is 0.512 e. The molecular formula is C16H17IrN2O2-. The number of aromatic nitrogens is 2. The molecule has 2 rings (SSSR count). The van der Waals surface area contributed by atoms with E-state index in [1.807, 2.05) is 37.3 Å². The van der Waals surface area contributed by atoms with Crippen molar-refractivity contribution in [1.82, 2.24) is 9.97 Å². The molecule has 1 N–H and O–H groups in total. The van der Waals surface area contributed by atoms with Crippen LogP contribution in [0.3, 0.4) is 0 Å². The first-order valence-electron chi connectivity index (χ1n) is 6.12. The summed E-state index contributed by atoms with van der Waals surface area (Å²) in [6.07, 6.45) is 2.74. The van der Waals surface area contributed by atoms with Crippen molar-refractivity contribution in [1.29, 1.82) is 0 Å². The van der Waals surface area contributed by atoms with E-state index in [4.69, 9.17) is 5.11 Å². The minimum atomic E-state index is -0.125. The summed E-state index contributed by atoms with van der Waals surface area (Å²) in [6, 6.07) is 12.9. The Kier molecular flexibility index (Phi) is 9.10. The zero-order valence-corrected chi connectivity index (χ0v) is 14.5. The van der Waals surface area contributed by atoms with Crippen LogP contribution >= 0.6 is 0 Å². The molecule has 4 nitrogen and oxygen atoms in total. The fourth-order valence-corrected chi connectivity index (χ4v) is 1.45. The SMILES string of the molecule is CC(=O)/C=C(/C)O.Cc1cc(-c2[c-]cccc2)ncn1.[Ir]. The van der Waals surface area contributed by atoms with Gasteiger partial charge in [0.05, 0.1) is 5.76 Å². The van der Waals surface area contributed by atoms with E-state index in [0.29, 0.717) is 0 Å². The number of benzene rings is 1. The number of hydrogen-bond acceptors (Lipinski definition) is 4. The number of allylic oxidation sites excluding steroid dienone is 2. The van der Waals surface area contributed by atoms with Gasteiger partial charge in [0.15, 0.2) is 5.78 Å². The first-order valence-corrected chi connectivity index (χ1v) is 6.12. The number of ketones is 1. The maximum Gasteiger partial charge on any atom is 0.155 e. The van der Waals surface area contributed by atoms with Gasteiger partial charge in [0.2, 0.25) is 0 Å². The topological polar surface area (TPSA) is 63.1 Å². The quantitative estimate of drug-likeness (QED) is 0.424. The Hall–Kier alpha value is -1.84. The number of carbonyl (C=O) groups excluding carboxylic acids is 1. The average Bonchev–Trinajstić information content (AvgIpc) is 2.39. The third kappa shape index (κ3) is 8.12. The molecule has 0 fully saturated rings. The molecule has 0 unspecified atom stereocenters. The first-order chi connectivity index (χ1) is 9.49.